The minimum absolute atomic E-state index is 0.0557. The molecule has 0 heterocycles. The number of amides is 2. The van der Waals surface area contributed by atoms with Crippen molar-refractivity contribution in [1.82, 2.24) is 10.2 Å². The van der Waals surface area contributed by atoms with Crippen LogP contribution in [0.1, 0.15) is 43.4 Å². The van der Waals surface area contributed by atoms with Crippen LogP contribution < -0.4 is 9.62 Å². The first-order valence-electron chi connectivity index (χ1n) is 13.1. The highest BCUT2D eigenvalue weighted by atomic mass is 35.5. The van der Waals surface area contributed by atoms with Crippen molar-refractivity contribution in [2.75, 3.05) is 17.4 Å². The monoisotopic (exact) mass is 603 g/mol. The Kier molecular flexibility index (Phi) is 11.0. The molecule has 3 rings (SSSR count). The molecule has 1 atom stereocenters. The second-order valence-corrected chi connectivity index (χ2v) is 12.3. The molecular weight excluding hydrogens is 569 g/mol. The van der Waals surface area contributed by atoms with E-state index in [0.717, 1.165) is 22.7 Å². The van der Waals surface area contributed by atoms with Crippen LogP contribution in [0.5, 0.6) is 0 Å². The molecule has 0 radical (unpaired) electrons. The van der Waals surface area contributed by atoms with E-state index in [1.54, 1.807) is 68.4 Å². The van der Waals surface area contributed by atoms with Gasteiger partial charge in [0.25, 0.3) is 10.0 Å². The molecule has 7 nitrogen and oxygen atoms in total. The molecule has 10 heteroatoms. The third-order valence-corrected chi connectivity index (χ3v) is 9.14. The van der Waals surface area contributed by atoms with E-state index in [-0.39, 0.29) is 17.3 Å². The highest BCUT2D eigenvalue weighted by Crippen LogP contribution is 2.29. The molecule has 0 bridgehead atoms. The Labute approximate surface area is 247 Å². The third-order valence-electron chi connectivity index (χ3n) is 6.66. The van der Waals surface area contributed by atoms with Gasteiger partial charge < -0.3 is 10.2 Å². The number of benzene rings is 3. The van der Waals surface area contributed by atoms with E-state index >= 15 is 0 Å². The molecule has 0 saturated heterocycles. The van der Waals surface area contributed by atoms with E-state index < -0.39 is 28.5 Å². The highest BCUT2D eigenvalue weighted by molar-refractivity contribution is 7.92. The molecule has 0 aliphatic carbocycles. The van der Waals surface area contributed by atoms with Gasteiger partial charge in [0.1, 0.15) is 12.6 Å². The average Bonchev–Trinajstić information content (AvgIpc) is 2.92. The molecule has 214 valence electrons. The lowest BCUT2D eigenvalue weighted by molar-refractivity contribution is -0.139. The first-order valence-corrected chi connectivity index (χ1v) is 15.3. The first-order chi connectivity index (χ1) is 19.0. The molecule has 0 saturated carbocycles. The molecule has 3 aromatic rings. The van der Waals surface area contributed by atoms with Crippen LogP contribution in [0.15, 0.2) is 71.6 Å². The number of para-hydroxylation sites is 1. The Morgan fingerprint density at radius 2 is 1.55 bits per heavy atom. The SMILES string of the molecule is CCCCNC(=O)[C@H](C)N(Cc1c(Cl)cccc1Cl)C(=O)CN(c1ccccc1C)S(=O)(=O)c1ccc(C)cc1. The molecular formula is C30H35Cl2N3O4S. The fourth-order valence-electron chi connectivity index (χ4n) is 4.17. The van der Waals surface area contributed by atoms with Gasteiger partial charge >= 0.3 is 0 Å². The highest BCUT2D eigenvalue weighted by Gasteiger charge is 2.33. The van der Waals surface area contributed by atoms with Crippen molar-refractivity contribution in [3.05, 3.63) is 93.5 Å². The van der Waals surface area contributed by atoms with Gasteiger partial charge in [-0.05, 0) is 63.1 Å². The van der Waals surface area contributed by atoms with Gasteiger partial charge in [-0.25, -0.2) is 8.42 Å². The number of anilines is 1. The van der Waals surface area contributed by atoms with Crippen molar-refractivity contribution < 1.29 is 18.0 Å². The zero-order valence-corrected chi connectivity index (χ0v) is 25.5. The van der Waals surface area contributed by atoms with Crippen molar-refractivity contribution in [2.24, 2.45) is 0 Å². The van der Waals surface area contributed by atoms with Crippen LogP contribution in [0.4, 0.5) is 5.69 Å². The van der Waals surface area contributed by atoms with Gasteiger partial charge in [-0.1, -0.05) is 78.5 Å². The van der Waals surface area contributed by atoms with Crippen LogP contribution in [-0.2, 0) is 26.2 Å². The number of unbranched alkanes of at least 4 members (excludes halogenated alkanes) is 1. The van der Waals surface area contributed by atoms with Crippen molar-refractivity contribution in [3.8, 4) is 0 Å². The number of carbonyl (C=O) groups excluding carboxylic acids is 2. The van der Waals surface area contributed by atoms with Crippen molar-refractivity contribution in [3.63, 3.8) is 0 Å². The molecule has 2 amide bonds. The first kappa shape index (κ1) is 31.5. The van der Waals surface area contributed by atoms with Gasteiger partial charge in [0.15, 0.2) is 0 Å². The molecule has 3 aromatic carbocycles. The molecule has 0 aliphatic heterocycles. The van der Waals surface area contributed by atoms with Gasteiger partial charge in [-0.2, -0.15) is 0 Å². The van der Waals surface area contributed by atoms with Crippen molar-refractivity contribution >= 4 is 50.7 Å². The molecule has 0 spiro atoms. The standard InChI is InChI=1S/C30H35Cl2N3O4S/c1-5-6-18-33-30(37)23(4)34(19-25-26(31)11-9-12-27(25)32)29(36)20-35(28-13-8-7-10-22(28)3)40(38,39)24-16-14-21(2)15-17-24/h7-17,23H,5-6,18-20H2,1-4H3,(H,33,37)/t23-/m0/s1. The summed E-state index contributed by atoms with van der Waals surface area (Å²) in [7, 11) is -4.14. The molecule has 0 aliphatic rings. The Morgan fingerprint density at radius 3 is 2.15 bits per heavy atom. The summed E-state index contributed by atoms with van der Waals surface area (Å²) in [4.78, 5) is 28.5. The number of hydrogen-bond donors (Lipinski definition) is 1. The quantitative estimate of drug-likeness (QED) is 0.252. The normalized spacial score (nSPS) is 12.1. The van der Waals surface area contributed by atoms with E-state index in [1.807, 2.05) is 13.8 Å². The topological polar surface area (TPSA) is 86.8 Å². The van der Waals surface area contributed by atoms with Crippen LogP contribution in [0.25, 0.3) is 0 Å². The van der Waals surface area contributed by atoms with Crippen LogP contribution in [0, 0.1) is 13.8 Å². The summed E-state index contributed by atoms with van der Waals surface area (Å²) >= 11 is 12.8. The number of hydrogen-bond acceptors (Lipinski definition) is 4. The number of halogens is 2. The summed E-state index contributed by atoms with van der Waals surface area (Å²) in [5.41, 5.74) is 2.42. The Bertz CT molecular complexity index is 1430. The lowest BCUT2D eigenvalue weighted by Crippen LogP contribution is -2.51. The Morgan fingerprint density at radius 1 is 0.925 bits per heavy atom. The van der Waals surface area contributed by atoms with Crippen molar-refractivity contribution in [1.29, 1.82) is 0 Å². The molecule has 0 aromatic heterocycles. The number of rotatable bonds is 12. The second-order valence-electron chi connectivity index (χ2n) is 9.65. The summed E-state index contributed by atoms with van der Waals surface area (Å²) in [5, 5.41) is 3.54. The number of nitrogens with zero attached hydrogens (tertiary/aromatic N) is 2. The predicted octanol–water partition coefficient (Wildman–Crippen LogP) is 6.14. The second kappa shape index (κ2) is 14.0. The summed E-state index contributed by atoms with van der Waals surface area (Å²) in [6.45, 7) is 7.12. The average molecular weight is 605 g/mol. The Balaban J connectivity index is 2.05. The van der Waals surface area contributed by atoms with E-state index in [9.17, 15) is 18.0 Å². The van der Waals surface area contributed by atoms with Gasteiger partial charge in [-0.15, -0.1) is 0 Å². The lowest BCUT2D eigenvalue weighted by atomic mass is 10.1. The number of sulfonamides is 1. The van der Waals surface area contributed by atoms with Crippen LogP contribution in [0.3, 0.4) is 0 Å². The summed E-state index contributed by atoms with van der Waals surface area (Å²) in [6, 6.07) is 17.5. The summed E-state index contributed by atoms with van der Waals surface area (Å²) < 4.78 is 29.0. The number of nitrogens with one attached hydrogen (secondary N) is 1. The minimum Gasteiger partial charge on any atom is -0.354 e. The molecule has 0 unspecified atom stereocenters. The molecule has 0 fully saturated rings. The van der Waals surface area contributed by atoms with Crippen LogP contribution >= 0.6 is 23.2 Å². The fraction of sp³-hybridized carbons (Fsp3) is 0.333. The number of carbonyl (C=O) groups is 2. The molecule has 40 heavy (non-hydrogen) atoms. The van der Waals surface area contributed by atoms with E-state index in [1.165, 1.54) is 17.0 Å². The maximum atomic E-state index is 14.0. The van der Waals surface area contributed by atoms with Crippen LogP contribution in [-0.4, -0.2) is 44.3 Å². The van der Waals surface area contributed by atoms with Crippen LogP contribution in [0.2, 0.25) is 10.0 Å². The van der Waals surface area contributed by atoms with E-state index in [4.69, 9.17) is 23.2 Å². The van der Waals surface area contributed by atoms with Gasteiger partial charge in [-0.3, -0.25) is 13.9 Å². The zero-order valence-electron chi connectivity index (χ0n) is 23.2. The van der Waals surface area contributed by atoms with Gasteiger partial charge in [0, 0.05) is 28.7 Å². The van der Waals surface area contributed by atoms with Gasteiger partial charge in [0.2, 0.25) is 11.8 Å². The van der Waals surface area contributed by atoms with Crippen molar-refractivity contribution in [2.45, 2.75) is 58.0 Å². The summed E-state index contributed by atoms with van der Waals surface area (Å²) in [6.07, 6.45) is 1.69. The predicted molar refractivity (Wildman–Crippen MR) is 161 cm³/mol. The maximum Gasteiger partial charge on any atom is 0.264 e. The van der Waals surface area contributed by atoms with Gasteiger partial charge in [0.05, 0.1) is 10.6 Å². The Hall–Kier alpha value is -3.07. The smallest absolute Gasteiger partial charge is 0.264 e. The zero-order chi connectivity index (χ0) is 29.4. The largest absolute Gasteiger partial charge is 0.354 e. The number of aryl methyl sites for hydroxylation is 2. The minimum atomic E-state index is -4.14. The fourth-order valence-corrected chi connectivity index (χ4v) is 6.16. The summed E-state index contributed by atoms with van der Waals surface area (Å²) in [5.74, 6) is -0.929. The maximum absolute atomic E-state index is 14.0. The van der Waals surface area contributed by atoms with E-state index in [0.29, 0.717) is 33.4 Å². The lowest BCUT2D eigenvalue weighted by Gasteiger charge is -2.32. The van der Waals surface area contributed by atoms with E-state index in [2.05, 4.69) is 5.32 Å². The molecule has 1 N–H and O–H groups in total. The third kappa shape index (κ3) is 7.56.